The van der Waals surface area contributed by atoms with E-state index in [4.69, 9.17) is 14.2 Å². The molecule has 1 aliphatic rings. The van der Waals surface area contributed by atoms with Gasteiger partial charge >= 0.3 is 17.9 Å². The molecule has 0 radical (unpaired) electrons. The van der Waals surface area contributed by atoms with Crippen molar-refractivity contribution in [1.29, 1.82) is 0 Å². The van der Waals surface area contributed by atoms with Gasteiger partial charge in [-0.1, -0.05) is 44.2 Å². The van der Waals surface area contributed by atoms with E-state index in [1.165, 1.54) is 48.0 Å². The van der Waals surface area contributed by atoms with Gasteiger partial charge in [0.25, 0.3) is 5.91 Å². The topological polar surface area (TPSA) is 169 Å². The molecule has 0 saturated heterocycles. The van der Waals surface area contributed by atoms with Crippen LogP contribution < -0.4 is 14.8 Å². The number of hydrogen-bond acceptors (Lipinski definition) is 10. The summed E-state index contributed by atoms with van der Waals surface area (Å²) in [5.41, 5.74) is 1.10. The zero-order valence-electron chi connectivity index (χ0n) is 27.5. The summed E-state index contributed by atoms with van der Waals surface area (Å²) >= 11 is 0. The highest BCUT2D eigenvalue weighted by molar-refractivity contribution is 5.99. The number of carbonyl (C=O) groups is 6. The van der Waals surface area contributed by atoms with Gasteiger partial charge in [0.15, 0.2) is 17.6 Å². The van der Waals surface area contributed by atoms with Gasteiger partial charge in [-0.2, -0.15) is 0 Å². The molecule has 0 spiro atoms. The molecule has 0 aliphatic carbocycles. The summed E-state index contributed by atoms with van der Waals surface area (Å²) in [6.07, 6.45) is -0.722. The quantitative estimate of drug-likeness (QED) is 0.257. The summed E-state index contributed by atoms with van der Waals surface area (Å²) in [4.78, 5) is 79.1. The van der Waals surface area contributed by atoms with Gasteiger partial charge in [-0.15, -0.1) is 0 Å². The number of ether oxygens (including phenoxy) is 3. The Morgan fingerprint density at radius 3 is 2.06 bits per heavy atom. The van der Waals surface area contributed by atoms with Crippen LogP contribution in [0.3, 0.4) is 0 Å². The van der Waals surface area contributed by atoms with Crippen LogP contribution in [0.1, 0.15) is 59.6 Å². The molecule has 2 N–H and O–H groups in total. The van der Waals surface area contributed by atoms with E-state index in [1.807, 2.05) is 0 Å². The lowest BCUT2D eigenvalue weighted by Gasteiger charge is -2.40. The molecule has 252 valence electrons. The third-order valence-corrected chi connectivity index (χ3v) is 7.03. The Morgan fingerprint density at radius 2 is 1.51 bits per heavy atom. The molecule has 0 fully saturated rings. The smallest absolute Gasteiger partial charge is 0.337 e. The minimum Gasteiger partial charge on any atom is -0.461 e. The van der Waals surface area contributed by atoms with Crippen LogP contribution in [0.25, 0.3) is 5.70 Å². The highest BCUT2D eigenvalue weighted by atomic mass is 16.6. The average Bonchev–Trinajstić information content (AvgIpc) is 2.97. The minimum absolute atomic E-state index is 0.0574. The molecule has 1 heterocycles. The minimum atomic E-state index is -1.72. The average molecular weight is 652 g/mol. The third kappa shape index (κ3) is 9.72. The van der Waals surface area contributed by atoms with E-state index in [-0.39, 0.29) is 35.1 Å². The molecular formula is C34H41N3O10. The van der Waals surface area contributed by atoms with Crippen LogP contribution in [0.15, 0.2) is 54.7 Å². The summed E-state index contributed by atoms with van der Waals surface area (Å²) in [7, 11) is 0. The van der Waals surface area contributed by atoms with Crippen molar-refractivity contribution in [3.63, 3.8) is 0 Å². The lowest BCUT2D eigenvalue weighted by Crippen LogP contribution is -2.57. The number of aliphatic hydroxyl groups excluding tert-OH is 1. The number of rotatable bonds is 12. The van der Waals surface area contributed by atoms with Crippen molar-refractivity contribution in [2.24, 2.45) is 5.92 Å². The molecule has 2 aromatic rings. The van der Waals surface area contributed by atoms with Crippen LogP contribution in [0.2, 0.25) is 0 Å². The van der Waals surface area contributed by atoms with Crippen molar-refractivity contribution >= 4 is 41.3 Å². The molecule has 0 saturated carbocycles. The maximum Gasteiger partial charge on any atom is 0.337 e. The number of aliphatic hydroxyl groups is 1. The first-order valence-electron chi connectivity index (χ1n) is 15.1. The van der Waals surface area contributed by atoms with E-state index in [9.17, 15) is 33.9 Å². The Hall–Kier alpha value is -5.04. The highest BCUT2D eigenvalue weighted by Crippen LogP contribution is 2.35. The van der Waals surface area contributed by atoms with Crippen LogP contribution in [-0.4, -0.2) is 81.4 Å². The zero-order chi connectivity index (χ0) is 35.0. The second-order valence-electron chi connectivity index (χ2n) is 11.7. The highest BCUT2D eigenvalue weighted by Gasteiger charge is 2.41. The number of nitrogens with one attached hydrogen (secondary N) is 1. The number of hydrogen-bond donors (Lipinski definition) is 2. The SMILES string of the molecule is CC(=O)Oc1ccc(C2=CN(C(C)=O)C(C(C)C)C(=O)N2CC(=O)N[C@@H](Cc2ccccc2)C(O)C(=O)OC(C)C)cc1OC(C)=O. The molecule has 13 heteroatoms. The number of nitrogens with zero attached hydrogens (tertiary/aromatic N) is 2. The maximum atomic E-state index is 14.0. The van der Waals surface area contributed by atoms with Crippen LogP contribution in [0.5, 0.6) is 11.5 Å². The van der Waals surface area contributed by atoms with Crippen LogP contribution in [0.4, 0.5) is 0 Å². The largest absolute Gasteiger partial charge is 0.461 e. The molecule has 3 rings (SSSR count). The first kappa shape index (κ1) is 36.4. The third-order valence-electron chi connectivity index (χ3n) is 7.03. The van der Waals surface area contributed by atoms with Gasteiger partial charge in [-0.05, 0) is 49.9 Å². The fourth-order valence-electron chi connectivity index (χ4n) is 5.08. The normalized spacial score (nSPS) is 15.9. The first-order chi connectivity index (χ1) is 22.1. The summed E-state index contributed by atoms with van der Waals surface area (Å²) in [6, 6.07) is 11.0. The predicted molar refractivity (Wildman–Crippen MR) is 169 cm³/mol. The van der Waals surface area contributed by atoms with Crippen molar-refractivity contribution in [2.75, 3.05) is 6.54 Å². The van der Waals surface area contributed by atoms with Gasteiger partial charge in [-0.25, -0.2) is 4.79 Å². The summed E-state index contributed by atoms with van der Waals surface area (Å²) in [5, 5.41) is 13.6. The van der Waals surface area contributed by atoms with E-state index in [0.29, 0.717) is 0 Å². The molecule has 2 unspecified atom stereocenters. The van der Waals surface area contributed by atoms with Gasteiger partial charge < -0.3 is 29.5 Å². The second-order valence-corrected chi connectivity index (χ2v) is 11.7. The number of amides is 3. The van der Waals surface area contributed by atoms with Gasteiger partial charge in [0.2, 0.25) is 11.8 Å². The summed E-state index contributed by atoms with van der Waals surface area (Å²) in [5.74, 6) is -4.53. The van der Waals surface area contributed by atoms with Crippen molar-refractivity contribution in [3.8, 4) is 11.5 Å². The predicted octanol–water partition coefficient (Wildman–Crippen LogP) is 2.59. The molecule has 3 amide bonds. The zero-order valence-corrected chi connectivity index (χ0v) is 27.5. The van der Waals surface area contributed by atoms with Crippen molar-refractivity contribution < 1.29 is 48.1 Å². The molecule has 47 heavy (non-hydrogen) atoms. The molecular weight excluding hydrogens is 610 g/mol. The van der Waals surface area contributed by atoms with E-state index < -0.39 is 66.5 Å². The number of benzene rings is 2. The standard InChI is InChI=1S/C34H41N3O10/c1-19(2)31-33(43)37(18-30(41)35-26(15-24-11-9-8-10-12-24)32(42)34(44)45-20(3)4)27(17-36(31)21(5)38)25-13-14-28(46-22(6)39)29(16-25)47-23(7)40/h8-14,16-17,19-20,26,31-32,42H,15,18H2,1-7H3,(H,35,41)/t26-,31?,32?/m0/s1. The van der Waals surface area contributed by atoms with Crippen molar-refractivity contribution in [1.82, 2.24) is 15.1 Å². The molecule has 1 aliphatic heterocycles. The van der Waals surface area contributed by atoms with Crippen molar-refractivity contribution in [3.05, 3.63) is 65.9 Å². The van der Waals surface area contributed by atoms with Gasteiger partial charge in [-0.3, -0.25) is 28.9 Å². The maximum absolute atomic E-state index is 14.0. The second kappa shape index (κ2) is 16.0. The number of esters is 3. The molecule has 3 atom stereocenters. The van der Waals surface area contributed by atoms with Crippen LogP contribution in [-0.2, 0) is 39.9 Å². The Balaban J connectivity index is 2.05. The molecule has 2 aromatic carbocycles. The number of carbonyl (C=O) groups excluding carboxylic acids is 6. The molecule has 0 aromatic heterocycles. The van der Waals surface area contributed by atoms with Crippen molar-refractivity contribution in [2.45, 2.75) is 79.2 Å². The van der Waals surface area contributed by atoms with Gasteiger partial charge in [0.1, 0.15) is 12.6 Å². The van der Waals surface area contributed by atoms with E-state index in [2.05, 4.69) is 5.32 Å². The van der Waals surface area contributed by atoms with Gasteiger partial charge in [0.05, 0.1) is 17.8 Å². The Kier molecular flexibility index (Phi) is 12.4. The molecule has 0 bridgehead atoms. The fourth-order valence-corrected chi connectivity index (χ4v) is 5.08. The molecule has 13 nitrogen and oxygen atoms in total. The van der Waals surface area contributed by atoms with E-state index in [1.54, 1.807) is 58.0 Å². The van der Waals surface area contributed by atoms with Crippen LogP contribution in [0, 0.1) is 5.92 Å². The Bertz CT molecular complexity index is 1540. The first-order valence-corrected chi connectivity index (χ1v) is 15.1. The van der Waals surface area contributed by atoms with Crippen LogP contribution >= 0.6 is 0 Å². The monoisotopic (exact) mass is 651 g/mol. The fraction of sp³-hybridized carbons (Fsp3) is 0.412. The Labute approximate surface area is 273 Å². The summed E-state index contributed by atoms with van der Waals surface area (Å²) in [6.45, 7) is 9.86. The van der Waals surface area contributed by atoms with E-state index >= 15 is 0 Å². The lowest BCUT2D eigenvalue weighted by molar-refractivity contribution is -0.159. The summed E-state index contributed by atoms with van der Waals surface area (Å²) < 4.78 is 15.6. The lowest BCUT2D eigenvalue weighted by atomic mass is 9.96. The van der Waals surface area contributed by atoms with Gasteiger partial charge in [0, 0.05) is 32.5 Å². The Morgan fingerprint density at radius 1 is 0.894 bits per heavy atom. The van der Waals surface area contributed by atoms with E-state index in [0.717, 1.165) is 12.5 Å².